The molecule has 1 fully saturated rings. The highest BCUT2D eigenvalue weighted by Crippen LogP contribution is 2.25. The van der Waals surface area contributed by atoms with Gasteiger partial charge in [-0.25, -0.2) is 0 Å². The quantitative estimate of drug-likeness (QED) is 0.573. The fourth-order valence-electron chi connectivity index (χ4n) is 2.34. The van der Waals surface area contributed by atoms with E-state index < -0.39 is 5.54 Å². The highest BCUT2D eigenvalue weighted by atomic mass is 32.2. The maximum Gasteiger partial charge on any atom is 0.249 e. The molecule has 108 valence electrons. The first-order chi connectivity index (χ1) is 9.02. The molecule has 0 aliphatic carbocycles. The summed E-state index contributed by atoms with van der Waals surface area (Å²) in [5.74, 6) is 1.72. The van der Waals surface area contributed by atoms with Crippen molar-refractivity contribution in [2.45, 2.75) is 45.2 Å². The molecule has 0 radical (unpaired) electrons. The van der Waals surface area contributed by atoms with E-state index in [2.05, 4.69) is 11.9 Å². The third-order valence-corrected chi connectivity index (χ3v) is 4.74. The molecule has 1 saturated heterocycles. The summed E-state index contributed by atoms with van der Waals surface area (Å²) in [7, 11) is 0. The zero-order valence-corrected chi connectivity index (χ0v) is 12.9. The van der Waals surface area contributed by atoms with Gasteiger partial charge in [-0.15, -0.1) is 6.58 Å². The van der Waals surface area contributed by atoms with Gasteiger partial charge < -0.3 is 10.2 Å². The van der Waals surface area contributed by atoms with Crippen LogP contribution in [0, 0.1) is 0 Å². The van der Waals surface area contributed by atoms with Gasteiger partial charge in [0.25, 0.3) is 0 Å². The number of carbonyl (C=O) groups excluding carboxylic acids is 2. The average molecular weight is 284 g/mol. The number of carbonyl (C=O) groups is 2. The lowest BCUT2D eigenvalue weighted by Crippen LogP contribution is -2.69. The van der Waals surface area contributed by atoms with Crippen LogP contribution < -0.4 is 5.32 Å². The van der Waals surface area contributed by atoms with E-state index >= 15 is 0 Å². The van der Waals surface area contributed by atoms with Gasteiger partial charge in [0.2, 0.25) is 11.8 Å². The summed E-state index contributed by atoms with van der Waals surface area (Å²) in [6, 6.07) is -0.372. The molecule has 1 atom stereocenters. The van der Waals surface area contributed by atoms with Crippen molar-refractivity contribution < 1.29 is 9.59 Å². The molecule has 0 saturated carbocycles. The Morgan fingerprint density at radius 1 is 1.42 bits per heavy atom. The predicted octanol–water partition coefficient (Wildman–Crippen LogP) is 1.81. The summed E-state index contributed by atoms with van der Waals surface area (Å²) < 4.78 is 0. The van der Waals surface area contributed by atoms with E-state index in [0.29, 0.717) is 19.4 Å². The minimum absolute atomic E-state index is 0.0444. The average Bonchev–Trinajstić information content (AvgIpc) is 2.42. The summed E-state index contributed by atoms with van der Waals surface area (Å²) in [4.78, 5) is 26.4. The monoisotopic (exact) mass is 284 g/mol. The molecule has 1 N–H and O–H groups in total. The second-order valence-electron chi connectivity index (χ2n) is 4.82. The first-order valence-electron chi connectivity index (χ1n) is 6.84. The predicted molar refractivity (Wildman–Crippen MR) is 80.2 cm³/mol. The molecule has 4 nitrogen and oxygen atoms in total. The van der Waals surface area contributed by atoms with E-state index in [1.54, 1.807) is 23.6 Å². The molecule has 0 bridgehead atoms. The van der Waals surface area contributed by atoms with Crippen LogP contribution >= 0.6 is 11.8 Å². The van der Waals surface area contributed by atoms with Gasteiger partial charge in [0.05, 0.1) is 0 Å². The normalized spacial score (nSPS) is 22.3. The van der Waals surface area contributed by atoms with Crippen molar-refractivity contribution in [3.63, 3.8) is 0 Å². The van der Waals surface area contributed by atoms with E-state index in [-0.39, 0.29) is 17.9 Å². The lowest BCUT2D eigenvalue weighted by atomic mass is 9.87. The molecule has 1 heterocycles. The van der Waals surface area contributed by atoms with Crippen LogP contribution in [0.2, 0.25) is 0 Å². The van der Waals surface area contributed by atoms with Crippen molar-refractivity contribution in [1.82, 2.24) is 10.2 Å². The Morgan fingerprint density at radius 3 is 2.58 bits per heavy atom. The molecule has 1 aliphatic heterocycles. The van der Waals surface area contributed by atoms with Crippen molar-refractivity contribution in [2.75, 3.05) is 18.1 Å². The topological polar surface area (TPSA) is 49.4 Å². The van der Waals surface area contributed by atoms with Gasteiger partial charge in [0, 0.05) is 18.1 Å². The molecule has 1 unspecified atom stereocenters. The van der Waals surface area contributed by atoms with E-state index in [1.165, 1.54) is 0 Å². The van der Waals surface area contributed by atoms with Gasteiger partial charge >= 0.3 is 0 Å². The second-order valence-corrected chi connectivity index (χ2v) is 5.97. The van der Waals surface area contributed by atoms with Gasteiger partial charge in [-0.2, -0.15) is 11.8 Å². The number of nitrogens with zero attached hydrogens (tertiary/aromatic N) is 1. The number of rotatable bonds is 7. The minimum Gasteiger partial charge on any atom is -0.340 e. The first kappa shape index (κ1) is 16.1. The number of piperazine rings is 1. The van der Waals surface area contributed by atoms with Gasteiger partial charge in [-0.3, -0.25) is 9.59 Å². The fraction of sp³-hybridized carbons (Fsp3) is 0.714. The van der Waals surface area contributed by atoms with Crippen LogP contribution in [0.4, 0.5) is 0 Å². The number of hydrogen-bond acceptors (Lipinski definition) is 3. The molecule has 1 rings (SSSR count). The van der Waals surface area contributed by atoms with Gasteiger partial charge in [-0.05, 0) is 19.8 Å². The van der Waals surface area contributed by atoms with Gasteiger partial charge in [0.15, 0.2) is 0 Å². The SMILES string of the molecule is C=CCSCCN1C(=O)C(CC)(CC)NC(=O)C1C. The van der Waals surface area contributed by atoms with Crippen molar-refractivity contribution in [2.24, 2.45) is 0 Å². The van der Waals surface area contributed by atoms with Crippen molar-refractivity contribution in [3.05, 3.63) is 12.7 Å². The van der Waals surface area contributed by atoms with Crippen LogP contribution in [-0.4, -0.2) is 46.3 Å². The molecule has 1 aliphatic rings. The summed E-state index contributed by atoms with van der Waals surface area (Å²) in [6.45, 7) is 9.98. The molecule has 0 aromatic rings. The molecule has 2 amide bonds. The van der Waals surface area contributed by atoms with E-state index in [0.717, 1.165) is 11.5 Å². The smallest absolute Gasteiger partial charge is 0.249 e. The summed E-state index contributed by atoms with van der Waals surface area (Å²) in [5, 5.41) is 2.91. The van der Waals surface area contributed by atoms with E-state index in [9.17, 15) is 9.59 Å². The third-order valence-electron chi connectivity index (χ3n) is 3.80. The van der Waals surface area contributed by atoms with Crippen LogP contribution in [0.1, 0.15) is 33.6 Å². The zero-order chi connectivity index (χ0) is 14.5. The van der Waals surface area contributed by atoms with Gasteiger partial charge in [-0.1, -0.05) is 19.9 Å². The first-order valence-corrected chi connectivity index (χ1v) is 7.99. The standard InChI is InChI=1S/C14H24N2O2S/c1-5-9-19-10-8-16-11(4)12(17)15-14(6-2,7-3)13(16)18/h5,11H,1,6-10H2,2-4H3,(H,15,17). The van der Waals surface area contributed by atoms with Crippen LogP contribution in [0.25, 0.3) is 0 Å². The molecule has 19 heavy (non-hydrogen) atoms. The largest absolute Gasteiger partial charge is 0.340 e. The number of amides is 2. The fourth-order valence-corrected chi connectivity index (χ4v) is 3.00. The number of hydrogen-bond donors (Lipinski definition) is 1. The summed E-state index contributed by atoms with van der Waals surface area (Å²) in [6.07, 6.45) is 3.12. The molecular weight excluding hydrogens is 260 g/mol. The minimum atomic E-state index is -0.702. The molecule has 0 aromatic carbocycles. The van der Waals surface area contributed by atoms with Crippen molar-refractivity contribution >= 4 is 23.6 Å². The van der Waals surface area contributed by atoms with Crippen molar-refractivity contribution in [1.29, 1.82) is 0 Å². The number of thioether (sulfide) groups is 1. The highest BCUT2D eigenvalue weighted by Gasteiger charge is 2.46. The maximum atomic E-state index is 12.6. The lowest BCUT2D eigenvalue weighted by molar-refractivity contribution is -0.154. The van der Waals surface area contributed by atoms with E-state index in [4.69, 9.17) is 0 Å². The highest BCUT2D eigenvalue weighted by molar-refractivity contribution is 7.99. The summed E-state index contributed by atoms with van der Waals surface area (Å²) in [5.41, 5.74) is -0.702. The Morgan fingerprint density at radius 2 is 2.05 bits per heavy atom. The Labute approximate surface area is 120 Å². The second kappa shape index (κ2) is 6.98. The molecule has 0 spiro atoms. The Hall–Kier alpha value is -0.970. The Bertz CT molecular complexity index is 353. The molecule has 0 aromatic heterocycles. The van der Waals surface area contributed by atoms with Crippen LogP contribution in [0.3, 0.4) is 0 Å². The lowest BCUT2D eigenvalue weighted by Gasteiger charge is -2.44. The molecular formula is C14H24N2O2S. The van der Waals surface area contributed by atoms with Gasteiger partial charge in [0.1, 0.15) is 11.6 Å². The maximum absolute atomic E-state index is 12.6. The zero-order valence-electron chi connectivity index (χ0n) is 12.1. The molecule has 5 heteroatoms. The van der Waals surface area contributed by atoms with Crippen LogP contribution in [-0.2, 0) is 9.59 Å². The van der Waals surface area contributed by atoms with Crippen LogP contribution in [0.5, 0.6) is 0 Å². The third kappa shape index (κ3) is 3.32. The van der Waals surface area contributed by atoms with E-state index in [1.807, 2.05) is 19.9 Å². The summed E-state index contributed by atoms with van der Waals surface area (Å²) >= 11 is 1.72. The van der Waals surface area contributed by atoms with Crippen molar-refractivity contribution in [3.8, 4) is 0 Å². The Kier molecular flexibility index (Phi) is 5.91. The Balaban J connectivity index is 2.78. The number of nitrogens with one attached hydrogen (secondary N) is 1. The van der Waals surface area contributed by atoms with Crippen LogP contribution in [0.15, 0.2) is 12.7 Å².